The number of methoxy groups -OCH3 is 1. The summed E-state index contributed by atoms with van der Waals surface area (Å²) in [6.07, 6.45) is 4.53. The van der Waals surface area contributed by atoms with E-state index in [2.05, 4.69) is 10.1 Å². The lowest BCUT2D eigenvalue weighted by Gasteiger charge is -2.15. The van der Waals surface area contributed by atoms with Gasteiger partial charge in [0.25, 0.3) is 5.91 Å². The Hall–Kier alpha value is -2.58. The fraction of sp³-hybridized carbons (Fsp3) is 0.214. The number of ether oxygens (including phenoxy) is 1. The van der Waals surface area contributed by atoms with Crippen molar-refractivity contribution in [2.75, 3.05) is 17.5 Å². The highest BCUT2D eigenvalue weighted by Crippen LogP contribution is 2.27. The Kier molecular flexibility index (Phi) is 5.20. The first-order valence-electron chi connectivity index (χ1n) is 6.58. The van der Waals surface area contributed by atoms with Gasteiger partial charge in [-0.15, -0.1) is 0 Å². The van der Waals surface area contributed by atoms with Crippen molar-refractivity contribution in [1.29, 1.82) is 0 Å². The molecular weight excluding hydrogens is 324 g/mol. The van der Waals surface area contributed by atoms with Crippen molar-refractivity contribution in [3.05, 3.63) is 41.9 Å². The fourth-order valence-corrected chi connectivity index (χ4v) is 2.08. The van der Waals surface area contributed by atoms with Crippen LogP contribution in [0.15, 0.2) is 36.9 Å². The van der Waals surface area contributed by atoms with Gasteiger partial charge < -0.3 is 4.74 Å². The molecule has 2 rings (SSSR count). The van der Waals surface area contributed by atoms with Crippen LogP contribution in [-0.2, 0) is 23.1 Å². The minimum Gasteiger partial charge on any atom is -0.453 e. The summed E-state index contributed by atoms with van der Waals surface area (Å²) in [7, 11) is 3.05. The first-order chi connectivity index (χ1) is 10.9. The number of nitrogens with one attached hydrogen (secondary N) is 1. The zero-order valence-corrected chi connectivity index (χ0v) is 13.3. The number of aryl methyl sites for hydroxylation is 1. The van der Waals surface area contributed by atoms with Gasteiger partial charge in [0.2, 0.25) is 6.33 Å². The van der Waals surface area contributed by atoms with Crippen LogP contribution in [0.2, 0.25) is 5.02 Å². The summed E-state index contributed by atoms with van der Waals surface area (Å²) in [5, 5.41) is 13.1. The molecule has 23 heavy (non-hydrogen) atoms. The maximum absolute atomic E-state index is 12.1. The van der Waals surface area contributed by atoms with E-state index in [4.69, 9.17) is 11.6 Å². The van der Waals surface area contributed by atoms with Crippen LogP contribution in [0.4, 0.5) is 16.2 Å². The molecule has 0 unspecified atom stereocenters. The lowest BCUT2D eigenvalue weighted by molar-refractivity contribution is -0.671. The van der Waals surface area contributed by atoms with Gasteiger partial charge in [0.15, 0.2) is 6.54 Å². The molecule has 1 aromatic heterocycles. The normalized spacial score (nSPS) is 10.3. The van der Waals surface area contributed by atoms with Crippen molar-refractivity contribution in [1.82, 2.24) is 4.57 Å². The van der Waals surface area contributed by atoms with Crippen LogP contribution in [0.3, 0.4) is 0 Å². The van der Waals surface area contributed by atoms with Crippen molar-refractivity contribution in [2.45, 2.75) is 6.54 Å². The van der Waals surface area contributed by atoms with Gasteiger partial charge in [-0.3, -0.25) is 15.3 Å². The summed E-state index contributed by atoms with van der Waals surface area (Å²) in [6.45, 7) is -0.0306. The number of amides is 2. The number of hydroxylamine groups is 1. The summed E-state index contributed by atoms with van der Waals surface area (Å²) in [6, 6.07) is 4.27. The molecule has 0 spiro atoms. The van der Waals surface area contributed by atoms with E-state index in [0.717, 1.165) is 0 Å². The first-order valence-corrected chi connectivity index (χ1v) is 6.96. The molecule has 122 valence electrons. The fourth-order valence-electron chi connectivity index (χ4n) is 1.86. The molecule has 2 amide bonds. The summed E-state index contributed by atoms with van der Waals surface area (Å²) in [5.74, 6) is -0.536. The van der Waals surface area contributed by atoms with E-state index in [9.17, 15) is 14.8 Å². The van der Waals surface area contributed by atoms with Crippen LogP contribution in [0, 0.1) is 0 Å². The van der Waals surface area contributed by atoms with Gasteiger partial charge in [0.05, 0.1) is 30.6 Å². The summed E-state index contributed by atoms with van der Waals surface area (Å²) >= 11 is 6.01. The smallest absolute Gasteiger partial charge is 0.411 e. The molecule has 1 aromatic carbocycles. The number of anilines is 2. The molecule has 2 N–H and O–H groups in total. The van der Waals surface area contributed by atoms with E-state index < -0.39 is 12.0 Å². The van der Waals surface area contributed by atoms with Gasteiger partial charge in [0, 0.05) is 0 Å². The number of nitrogens with zero attached hydrogens (tertiary/aromatic N) is 3. The number of rotatable bonds is 4. The van der Waals surface area contributed by atoms with Gasteiger partial charge in [-0.05, 0) is 18.2 Å². The Morgan fingerprint density at radius 1 is 1.48 bits per heavy atom. The Labute approximate surface area is 137 Å². The number of hydrogen-bond donors (Lipinski definition) is 2. The third-order valence-electron chi connectivity index (χ3n) is 3.00. The van der Waals surface area contributed by atoms with E-state index in [1.807, 2.05) is 7.05 Å². The second kappa shape index (κ2) is 7.12. The largest absolute Gasteiger partial charge is 0.453 e. The Balaban J connectivity index is 2.09. The Morgan fingerprint density at radius 2 is 2.22 bits per heavy atom. The van der Waals surface area contributed by atoms with Crippen LogP contribution in [0.1, 0.15) is 0 Å². The maximum Gasteiger partial charge on any atom is 0.411 e. The van der Waals surface area contributed by atoms with Crippen molar-refractivity contribution in [3.63, 3.8) is 0 Å². The standard InChI is InChI=1S/C14H15ClN4O4/c1-17-5-6-18(9-17)8-13(20)19(22)10-3-4-12(11(15)7-10)16-14(21)23-2/h3-7,9,22H,8H2,1-2H3/p+1. The van der Waals surface area contributed by atoms with Crippen LogP contribution in [0.5, 0.6) is 0 Å². The van der Waals surface area contributed by atoms with Crippen LogP contribution in [0.25, 0.3) is 0 Å². The number of carbonyl (C=O) groups excluding carboxylic acids is 2. The monoisotopic (exact) mass is 339 g/mol. The molecule has 0 fully saturated rings. The Morgan fingerprint density at radius 3 is 2.78 bits per heavy atom. The highest BCUT2D eigenvalue weighted by Gasteiger charge is 2.18. The van der Waals surface area contributed by atoms with Gasteiger partial charge in [0.1, 0.15) is 12.4 Å². The number of hydrogen-bond acceptors (Lipinski definition) is 4. The molecular formula is C14H16ClN4O4+. The molecule has 0 bridgehead atoms. The molecule has 0 aliphatic carbocycles. The van der Waals surface area contributed by atoms with E-state index in [1.165, 1.54) is 25.3 Å². The van der Waals surface area contributed by atoms with Gasteiger partial charge in [-0.1, -0.05) is 11.6 Å². The zero-order valence-electron chi connectivity index (χ0n) is 12.6. The molecule has 0 radical (unpaired) electrons. The molecule has 0 aliphatic rings. The average molecular weight is 340 g/mol. The van der Waals surface area contributed by atoms with Crippen molar-refractivity contribution < 1.29 is 24.1 Å². The van der Waals surface area contributed by atoms with Gasteiger partial charge in [-0.25, -0.2) is 13.9 Å². The lowest BCUT2D eigenvalue weighted by Crippen LogP contribution is -2.31. The quantitative estimate of drug-likeness (QED) is 0.503. The molecule has 0 atom stereocenters. The Bertz CT molecular complexity index is 731. The predicted molar refractivity (Wildman–Crippen MR) is 82.4 cm³/mol. The summed E-state index contributed by atoms with van der Waals surface area (Å²) < 4.78 is 7.87. The average Bonchev–Trinajstić information content (AvgIpc) is 2.93. The molecule has 9 heteroatoms. The molecule has 2 aromatic rings. The van der Waals surface area contributed by atoms with Crippen LogP contribution in [-0.4, -0.2) is 28.9 Å². The van der Waals surface area contributed by atoms with Crippen molar-refractivity contribution in [3.8, 4) is 0 Å². The topological polar surface area (TPSA) is 87.7 Å². The third kappa shape index (κ3) is 4.21. The second-order valence-corrected chi connectivity index (χ2v) is 5.14. The van der Waals surface area contributed by atoms with Gasteiger partial charge >= 0.3 is 6.09 Å². The lowest BCUT2D eigenvalue weighted by atomic mass is 10.2. The summed E-state index contributed by atoms with van der Waals surface area (Å²) in [4.78, 5) is 23.2. The molecule has 0 saturated heterocycles. The maximum atomic E-state index is 12.1. The number of aromatic nitrogens is 2. The van der Waals surface area contributed by atoms with E-state index in [1.54, 1.807) is 27.9 Å². The summed E-state index contributed by atoms with van der Waals surface area (Å²) in [5.41, 5.74) is 0.493. The molecule has 1 heterocycles. The second-order valence-electron chi connectivity index (χ2n) is 4.74. The van der Waals surface area contributed by atoms with Crippen molar-refractivity contribution >= 4 is 35.0 Å². The predicted octanol–water partition coefficient (Wildman–Crippen LogP) is 1.57. The molecule has 0 saturated carbocycles. The number of halogens is 1. The minimum atomic E-state index is -0.669. The van der Waals surface area contributed by atoms with E-state index in [0.29, 0.717) is 10.8 Å². The number of imidazole rings is 1. The highest BCUT2D eigenvalue weighted by molar-refractivity contribution is 6.34. The first kappa shape index (κ1) is 16.8. The zero-order chi connectivity index (χ0) is 17.0. The van der Waals surface area contributed by atoms with Crippen molar-refractivity contribution in [2.24, 2.45) is 7.05 Å². The van der Waals surface area contributed by atoms with Gasteiger partial charge in [-0.2, -0.15) is 5.06 Å². The van der Waals surface area contributed by atoms with Crippen LogP contribution < -0.4 is 14.9 Å². The SMILES string of the molecule is COC(=O)Nc1ccc(N(O)C(=O)Cn2cc[n+](C)c2)cc1Cl. The van der Waals surface area contributed by atoms with E-state index >= 15 is 0 Å². The number of carbonyl (C=O) groups is 2. The molecule has 0 aliphatic heterocycles. The minimum absolute atomic E-state index is 0.0306. The van der Waals surface area contributed by atoms with Crippen LogP contribution >= 0.6 is 11.6 Å². The van der Waals surface area contributed by atoms with E-state index in [-0.39, 0.29) is 17.3 Å². The third-order valence-corrected chi connectivity index (χ3v) is 3.31. The molecule has 8 nitrogen and oxygen atoms in total. The number of benzene rings is 1. The highest BCUT2D eigenvalue weighted by atomic mass is 35.5.